The van der Waals surface area contributed by atoms with Crippen LogP contribution in [0.25, 0.3) is 0 Å². The first-order valence-electron chi connectivity index (χ1n) is 8.91. The monoisotopic (exact) mass is 286 g/mol. The van der Waals surface area contributed by atoms with Crippen molar-refractivity contribution in [2.75, 3.05) is 13.1 Å². The Balaban J connectivity index is -0.000000408. The van der Waals surface area contributed by atoms with Crippen LogP contribution < -0.4 is 0 Å². The van der Waals surface area contributed by atoms with Crippen molar-refractivity contribution < 1.29 is 0 Å². The van der Waals surface area contributed by atoms with Crippen LogP contribution in [0.3, 0.4) is 0 Å². The molecule has 0 aromatic rings. The van der Waals surface area contributed by atoms with Crippen LogP contribution >= 0.6 is 0 Å². The lowest BCUT2D eigenvalue weighted by atomic mass is 10.2. The summed E-state index contributed by atoms with van der Waals surface area (Å²) in [4.78, 5) is 2.21. The molecule has 0 fully saturated rings. The second-order valence-corrected chi connectivity index (χ2v) is 5.25. The molecule has 1 N–H and O–H groups in total. The first kappa shape index (κ1) is 24.5. The summed E-state index contributed by atoms with van der Waals surface area (Å²) in [6.07, 6.45) is 9.58. The highest BCUT2D eigenvalue weighted by Gasteiger charge is 2.05. The molecule has 0 amide bonds. The molecule has 0 atom stereocenters. The summed E-state index contributed by atoms with van der Waals surface area (Å²) < 4.78 is 0. The minimum Gasteiger partial charge on any atom is -0.361 e. The van der Waals surface area contributed by atoms with E-state index >= 15 is 0 Å². The van der Waals surface area contributed by atoms with E-state index in [1.165, 1.54) is 44.9 Å². The van der Waals surface area contributed by atoms with E-state index in [0.717, 1.165) is 25.3 Å². The summed E-state index contributed by atoms with van der Waals surface area (Å²) in [5.74, 6) is 0.842. The smallest absolute Gasteiger partial charge is 0.0957 e. The van der Waals surface area contributed by atoms with Crippen LogP contribution in [-0.2, 0) is 0 Å². The largest absolute Gasteiger partial charge is 0.361 e. The first-order chi connectivity index (χ1) is 9.59. The molecular formula is C18H42N2. The molecule has 20 heavy (non-hydrogen) atoms. The molecule has 2 nitrogen and oxygen atoms in total. The van der Waals surface area contributed by atoms with Crippen molar-refractivity contribution >= 4 is 5.84 Å². The van der Waals surface area contributed by atoms with Gasteiger partial charge in [-0.25, -0.2) is 0 Å². The Morgan fingerprint density at radius 3 is 1.55 bits per heavy atom. The Bertz CT molecular complexity index is 165. The van der Waals surface area contributed by atoms with Gasteiger partial charge in [-0.05, 0) is 19.8 Å². The lowest BCUT2D eigenvalue weighted by Gasteiger charge is -2.23. The molecule has 0 unspecified atom stereocenters. The number of nitrogens with zero attached hydrogens (tertiary/aromatic N) is 1. The summed E-state index contributed by atoms with van der Waals surface area (Å²) in [6.45, 7) is 17.1. The van der Waals surface area contributed by atoms with Crippen molar-refractivity contribution in [2.45, 2.75) is 99.8 Å². The van der Waals surface area contributed by atoms with Gasteiger partial charge in [0, 0.05) is 19.5 Å². The Morgan fingerprint density at radius 1 is 0.750 bits per heavy atom. The van der Waals surface area contributed by atoms with E-state index in [0.29, 0.717) is 0 Å². The zero-order valence-corrected chi connectivity index (χ0v) is 15.5. The molecule has 0 saturated heterocycles. The van der Waals surface area contributed by atoms with Crippen LogP contribution in [0, 0.1) is 5.41 Å². The van der Waals surface area contributed by atoms with Crippen LogP contribution in [0.1, 0.15) is 99.8 Å². The SMILES string of the molecule is CCC.CCC.CCCCCC(=N)N(CC)CCCC. The summed E-state index contributed by atoms with van der Waals surface area (Å²) >= 11 is 0. The van der Waals surface area contributed by atoms with Gasteiger partial charge in [-0.3, -0.25) is 5.41 Å². The maximum absolute atomic E-state index is 7.93. The van der Waals surface area contributed by atoms with E-state index in [9.17, 15) is 0 Å². The number of nitrogens with one attached hydrogen (secondary N) is 1. The van der Waals surface area contributed by atoms with Crippen LogP contribution in [0.4, 0.5) is 0 Å². The van der Waals surface area contributed by atoms with E-state index in [1.54, 1.807) is 0 Å². The number of amidine groups is 1. The third-order valence-corrected chi connectivity index (χ3v) is 2.56. The minimum absolute atomic E-state index is 0.842. The standard InChI is InChI=1S/C12H26N2.2C3H8/c1-4-7-9-10-12(13)14(6-3)11-8-5-2;2*1-3-2/h13H,4-11H2,1-3H3;2*3H2,1-2H3. The number of unbranched alkanes of at least 4 members (excludes halogenated alkanes) is 3. The fourth-order valence-electron chi connectivity index (χ4n) is 1.53. The highest BCUT2D eigenvalue weighted by molar-refractivity contribution is 5.78. The average Bonchev–Trinajstić information content (AvgIpc) is 2.42. The van der Waals surface area contributed by atoms with Crippen LogP contribution in [0.2, 0.25) is 0 Å². The van der Waals surface area contributed by atoms with Gasteiger partial charge in [0.1, 0.15) is 0 Å². The summed E-state index contributed by atoms with van der Waals surface area (Å²) in [6, 6.07) is 0. The summed E-state index contributed by atoms with van der Waals surface area (Å²) in [5.41, 5.74) is 0. The maximum atomic E-state index is 7.93. The van der Waals surface area contributed by atoms with Gasteiger partial charge in [0.05, 0.1) is 5.84 Å². The predicted molar refractivity (Wildman–Crippen MR) is 96.0 cm³/mol. The van der Waals surface area contributed by atoms with Crippen LogP contribution in [0.15, 0.2) is 0 Å². The third kappa shape index (κ3) is 22.6. The summed E-state index contributed by atoms with van der Waals surface area (Å²) in [5, 5.41) is 7.93. The Labute approximate surface area is 129 Å². The Morgan fingerprint density at radius 2 is 1.20 bits per heavy atom. The van der Waals surface area contributed by atoms with Crippen LogP contribution in [0.5, 0.6) is 0 Å². The van der Waals surface area contributed by atoms with Crippen molar-refractivity contribution in [3.63, 3.8) is 0 Å². The first-order valence-corrected chi connectivity index (χ1v) is 8.91. The van der Waals surface area contributed by atoms with Crippen molar-refractivity contribution in [2.24, 2.45) is 0 Å². The van der Waals surface area contributed by atoms with Crippen LogP contribution in [-0.4, -0.2) is 23.8 Å². The lowest BCUT2D eigenvalue weighted by molar-refractivity contribution is 0.414. The van der Waals surface area contributed by atoms with Gasteiger partial charge in [-0.1, -0.05) is 73.6 Å². The molecule has 0 radical (unpaired) electrons. The second-order valence-electron chi connectivity index (χ2n) is 5.25. The van der Waals surface area contributed by atoms with Crippen molar-refractivity contribution in [1.82, 2.24) is 4.90 Å². The fourth-order valence-corrected chi connectivity index (χ4v) is 1.53. The Hall–Kier alpha value is -0.530. The van der Waals surface area contributed by atoms with Crippen molar-refractivity contribution in [3.05, 3.63) is 0 Å². The zero-order chi connectivity index (χ0) is 16.2. The predicted octanol–water partition coefficient (Wildman–Crippen LogP) is 6.50. The minimum atomic E-state index is 0.842. The van der Waals surface area contributed by atoms with Crippen molar-refractivity contribution in [3.8, 4) is 0 Å². The molecule has 0 aromatic heterocycles. The van der Waals surface area contributed by atoms with Gasteiger partial charge in [0.15, 0.2) is 0 Å². The molecular weight excluding hydrogens is 244 g/mol. The van der Waals surface area contributed by atoms with Gasteiger partial charge >= 0.3 is 0 Å². The van der Waals surface area contributed by atoms with E-state index < -0.39 is 0 Å². The number of rotatable bonds is 8. The number of hydrogen-bond donors (Lipinski definition) is 1. The zero-order valence-electron chi connectivity index (χ0n) is 15.5. The normalized spacial score (nSPS) is 8.95. The topological polar surface area (TPSA) is 27.1 Å². The van der Waals surface area contributed by atoms with E-state index in [4.69, 9.17) is 5.41 Å². The van der Waals surface area contributed by atoms with Crippen molar-refractivity contribution in [1.29, 1.82) is 5.41 Å². The molecule has 0 heterocycles. The highest BCUT2D eigenvalue weighted by Crippen LogP contribution is 2.04. The quantitative estimate of drug-likeness (QED) is 0.308. The molecule has 0 aliphatic rings. The lowest BCUT2D eigenvalue weighted by Crippen LogP contribution is -2.30. The van der Waals surface area contributed by atoms with E-state index in [-0.39, 0.29) is 0 Å². The molecule has 0 saturated carbocycles. The molecule has 2 heteroatoms. The van der Waals surface area contributed by atoms with E-state index in [1.807, 2.05) is 0 Å². The highest BCUT2D eigenvalue weighted by atomic mass is 15.2. The molecule has 0 aliphatic carbocycles. The maximum Gasteiger partial charge on any atom is 0.0957 e. The molecule has 0 aliphatic heterocycles. The second kappa shape index (κ2) is 23.6. The molecule has 0 aromatic carbocycles. The van der Waals surface area contributed by atoms with Gasteiger partial charge in [-0.2, -0.15) is 0 Å². The number of hydrogen-bond acceptors (Lipinski definition) is 1. The van der Waals surface area contributed by atoms with Gasteiger partial charge < -0.3 is 4.90 Å². The van der Waals surface area contributed by atoms with E-state index in [2.05, 4.69) is 53.4 Å². The Kier molecular flexibility index (Phi) is 28.8. The molecule has 124 valence electrons. The summed E-state index contributed by atoms with van der Waals surface area (Å²) in [7, 11) is 0. The third-order valence-electron chi connectivity index (χ3n) is 2.56. The average molecular weight is 287 g/mol. The molecule has 0 spiro atoms. The van der Waals surface area contributed by atoms with Gasteiger partial charge in [0.2, 0.25) is 0 Å². The fraction of sp³-hybridized carbons (Fsp3) is 0.944. The molecule has 0 rings (SSSR count). The molecule has 0 bridgehead atoms. The van der Waals surface area contributed by atoms with Gasteiger partial charge in [0.25, 0.3) is 0 Å². The van der Waals surface area contributed by atoms with Gasteiger partial charge in [-0.15, -0.1) is 0 Å².